The van der Waals surface area contributed by atoms with Gasteiger partial charge >= 0.3 is 5.97 Å². The highest BCUT2D eigenvalue weighted by atomic mass is 16.5. The lowest BCUT2D eigenvalue weighted by Crippen LogP contribution is -2.04. The van der Waals surface area contributed by atoms with Crippen LogP contribution in [-0.2, 0) is 11.3 Å². The summed E-state index contributed by atoms with van der Waals surface area (Å²) < 4.78 is 16.1. The average molecular weight is 374 g/mol. The van der Waals surface area contributed by atoms with Crippen LogP contribution in [-0.4, -0.2) is 20.2 Å². The molecule has 0 aliphatic carbocycles. The fraction of sp³-hybridized carbons (Fsp3) is 0.125. The summed E-state index contributed by atoms with van der Waals surface area (Å²) in [5.74, 6) is 0.857. The van der Waals surface area contributed by atoms with Crippen LogP contribution in [0.3, 0.4) is 0 Å². The molecule has 0 aliphatic rings. The van der Waals surface area contributed by atoms with Crippen molar-refractivity contribution in [2.45, 2.75) is 6.61 Å². The van der Waals surface area contributed by atoms with E-state index >= 15 is 0 Å². The van der Waals surface area contributed by atoms with Crippen molar-refractivity contribution < 1.29 is 19.0 Å². The molecule has 0 aromatic heterocycles. The van der Waals surface area contributed by atoms with Crippen molar-refractivity contribution in [1.82, 2.24) is 0 Å². The van der Waals surface area contributed by atoms with Crippen molar-refractivity contribution in [3.8, 4) is 11.5 Å². The van der Waals surface area contributed by atoms with Gasteiger partial charge in [-0.05, 0) is 29.3 Å². The second kappa shape index (κ2) is 9.42. The van der Waals surface area contributed by atoms with E-state index in [1.165, 1.54) is 14.2 Å². The first-order valence-electron chi connectivity index (χ1n) is 8.91. The summed E-state index contributed by atoms with van der Waals surface area (Å²) in [7, 11) is 2.88. The Labute approximate surface area is 165 Å². The maximum absolute atomic E-state index is 11.8. The minimum Gasteiger partial charge on any atom is -0.496 e. The molecule has 0 saturated carbocycles. The van der Waals surface area contributed by atoms with Crippen LogP contribution in [0, 0.1) is 0 Å². The van der Waals surface area contributed by atoms with Crippen molar-refractivity contribution in [3.05, 3.63) is 95.1 Å². The van der Waals surface area contributed by atoms with E-state index < -0.39 is 5.97 Å². The van der Waals surface area contributed by atoms with Gasteiger partial charge in [-0.3, -0.25) is 0 Å². The van der Waals surface area contributed by atoms with Crippen LogP contribution in [0.25, 0.3) is 12.2 Å². The molecule has 0 bridgehead atoms. The Morgan fingerprint density at radius 1 is 0.857 bits per heavy atom. The van der Waals surface area contributed by atoms with Crippen LogP contribution in [0.2, 0.25) is 0 Å². The van der Waals surface area contributed by atoms with Crippen molar-refractivity contribution in [2.24, 2.45) is 0 Å². The third-order valence-electron chi connectivity index (χ3n) is 4.24. The molecule has 0 heterocycles. The zero-order valence-electron chi connectivity index (χ0n) is 15.9. The molecule has 142 valence electrons. The zero-order chi connectivity index (χ0) is 19.8. The number of methoxy groups -OCH3 is 2. The van der Waals surface area contributed by atoms with Crippen LogP contribution in [0.15, 0.2) is 72.8 Å². The summed E-state index contributed by atoms with van der Waals surface area (Å²) in [5.41, 5.74) is 3.38. The average Bonchev–Trinajstić information content (AvgIpc) is 2.76. The third-order valence-corrected chi connectivity index (χ3v) is 4.24. The number of rotatable bonds is 7. The van der Waals surface area contributed by atoms with Gasteiger partial charge < -0.3 is 14.2 Å². The molecule has 0 amide bonds. The summed E-state index contributed by atoms with van der Waals surface area (Å²) in [4.78, 5) is 11.8. The Morgan fingerprint density at radius 3 is 2.36 bits per heavy atom. The number of carbonyl (C=O) groups excluding carboxylic acids is 1. The minimum absolute atomic E-state index is 0.397. The summed E-state index contributed by atoms with van der Waals surface area (Å²) in [5, 5.41) is 0. The van der Waals surface area contributed by atoms with Crippen molar-refractivity contribution >= 4 is 18.1 Å². The standard InChI is InChI=1S/C24H22O4/c1-26-23-16-18(13-15-21(23)24(25)27-2)12-14-20-10-6-7-11-22(20)28-17-19-8-4-3-5-9-19/h3-16H,17H2,1-2H3/b14-12+. The van der Waals surface area contributed by atoms with Crippen molar-refractivity contribution in [1.29, 1.82) is 0 Å². The molecular formula is C24H22O4. The number of hydrogen-bond donors (Lipinski definition) is 0. The lowest BCUT2D eigenvalue weighted by Gasteiger charge is -2.10. The Balaban J connectivity index is 1.78. The number of carbonyl (C=O) groups is 1. The lowest BCUT2D eigenvalue weighted by atomic mass is 10.1. The molecule has 0 saturated heterocycles. The smallest absolute Gasteiger partial charge is 0.341 e. The fourth-order valence-corrected chi connectivity index (χ4v) is 2.76. The van der Waals surface area contributed by atoms with Gasteiger partial charge in [0.2, 0.25) is 0 Å². The first-order chi connectivity index (χ1) is 13.7. The third kappa shape index (κ3) is 4.80. The van der Waals surface area contributed by atoms with E-state index in [0.717, 1.165) is 22.4 Å². The number of benzene rings is 3. The van der Waals surface area contributed by atoms with Crippen LogP contribution >= 0.6 is 0 Å². The number of ether oxygens (including phenoxy) is 3. The highest BCUT2D eigenvalue weighted by molar-refractivity contribution is 5.93. The van der Waals surface area contributed by atoms with Crippen LogP contribution in [0.4, 0.5) is 0 Å². The highest BCUT2D eigenvalue weighted by Crippen LogP contribution is 2.25. The Morgan fingerprint density at radius 2 is 1.61 bits per heavy atom. The largest absolute Gasteiger partial charge is 0.496 e. The SMILES string of the molecule is COC(=O)c1ccc(/C=C/c2ccccc2OCc2ccccc2)cc1OC. The molecule has 3 aromatic rings. The van der Waals surface area contributed by atoms with Gasteiger partial charge in [0.1, 0.15) is 23.7 Å². The maximum Gasteiger partial charge on any atom is 0.341 e. The Kier molecular flexibility index (Phi) is 6.47. The number of para-hydroxylation sites is 1. The first-order valence-corrected chi connectivity index (χ1v) is 8.91. The lowest BCUT2D eigenvalue weighted by molar-refractivity contribution is 0.0597. The summed E-state index contributed by atoms with van der Waals surface area (Å²) >= 11 is 0. The first kappa shape index (κ1) is 19.2. The number of esters is 1. The molecule has 4 heteroatoms. The van der Waals surface area contributed by atoms with Gasteiger partial charge in [0, 0.05) is 5.56 Å². The molecule has 0 unspecified atom stereocenters. The normalized spacial score (nSPS) is 10.6. The van der Waals surface area contributed by atoms with E-state index in [2.05, 4.69) is 0 Å². The topological polar surface area (TPSA) is 44.8 Å². The van der Waals surface area contributed by atoms with Gasteiger partial charge in [-0.25, -0.2) is 4.79 Å². The van der Waals surface area contributed by atoms with E-state index in [1.807, 2.05) is 72.8 Å². The van der Waals surface area contributed by atoms with Gasteiger partial charge in [-0.1, -0.05) is 66.7 Å². The molecule has 28 heavy (non-hydrogen) atoms. The molecule has 3 rings (SSSR count). The predicted octanol–water partition coefficient (Wildman–Crippen LogP) is 5.23. The zero-order valence-corrected chi connectivity index (χ0v) is 15.9. The van der Waals surface area contributed by atoms with Gasteiger partial charge in [-0.15, -0.1) is 0 Å². The highest BCUT2D eigenvalue weighted by Gasteiger charge is 2.12. The van der Waals surface area contributed by atoms with E-state index in [-0.39, 0.29) is 0 Å². The molecule has 0 radical (unpaired) electrons. The van der Waals surface area contributed by atoms with Crippen LogP contribution < -0.4 is 9.47 Å². The van der Waals surface area contributed by atoms with Crippen molar-refractivity contribution in [2.75, 3.05) is 14.2 Å². The summed E-state index contributed by atoms with van der Waals surface area (Å²) in [6, 6.07) is 23.3. The second-order valence-electron chi connectivity index (χ2n) is 6.10. The van der Waals surface area contributed by atoms with Gasteiger partial charge in [0.15, 0.2) is 0 Å². The summed E-state index contributed by atoms with van der Waals surface area (Å²) in [6.45, 7) is 0.507. The molecule has 0 spiro atoms. The van der Waals surface area contributed by atoms with E-state index in [4.69, 9.17) is 14.2 Å². The van der Waals surface area contributed by atoms with Crippen molar-refractivity contribution in [3.63, 3.8) is 0 Å². The van der Waals surface area contributed by atoms with Gasteiger partial charge in [0.25, 0.3) is 0 Å². The maximum atomic E-state index is 11.8. The van der Waals surface area contributed by atoms with E-state index in [0.29, 0.717) is 17.9 Å². The van der Waals surface area contributed by atoms with E-state index in [1.54, 1.807) is 12.1 Å². The molecule has 0 N–H and O–H groups in total. The Hall–Kier alpha value is -3.53. The molecular weight excluding hydrogens is 352 g/mol. The predicted molar refractivity (Wildman–Crippen MR) is 110 cm³/mol. The molecule has 3 aromatic carbocycles. The molecule has 0 atom stereocenters. The molecule has 0 aliphatic heterocycles. The van der Waals surface area contributed by atoms with Crippen LogP contribution in [0.5, 0.6) is 11.5 Å². The molecule has 4 nitrogen and oxygen atoms in total. The van der Waals surface area contributed by atoms with Gasteiger partial charge in [0.05, 0.1) is 14.2 Å². The molecule has 0 fully saturated rings. The van der Waals surface area contributed by atoms with Gasteiger partial charge in [-0.2, -0.15) is 0 Å². The Bertz CT molecular complexity index is 961. The fourth-order valence-electron chi connectivity index (χ4n) is 2.76. The van der Waals surface area contributed by atoms with Crippen LogP contribution in [0.1, 0.15) is 27.0 Å². The number of hydrogen-bond acceptors (Lipinski definition) is 4. The monoisotopic (exact) mass is 374 g/mol. The second-order valence-corrected chi connectivity index (χ2v) is 6.10. The van der Waals surface area contributed by atoms with E-state index in [9.17, 15) is 4.79 Å². The quantitative estimate of drug-likeness (QED) is 0.419. The minimum atomic E-state index is -0.424. The summed E-state index contributed by atoms with van der Waals surface area (Å²) in [6.07, 6.45) is 3.93.